The van der Waals surface area contributed by atoms with E-state index in [0.717, 1.165) is 32.6 Å². The quantitative estimate of drug-likeness (QED) is 0.612. The maximum Gasteiger partial charge on any atom is 0.338 e. The monoisotopic (exact) mass is 260 g/mol. The number of hydrogen-bond donors (Lipinski definition) is 2. The van der Waals surface area contributed by atoms with Crippen LogP contribution in [0.15, 0.2) is 0 Å². The minimum absolute atomic E-state index is 0.167. The van der Waals surface area contributed by atoms with Gasteiger partial charge in [-0.15, -0.1) is 0 Å². The lowest BCUT2D eigenvalue weighted by Gasteiger charge is -2.28. The molecule has 0 radical (unpaired) electrons. The van der Waals surface area contributed by atoms with Crippen molar-refractivity contribution in [1.82, 2.24) is 9.80 Å². The van der Waals surface area contributed by atoms with Gasteiger partial charge in [0.25, 0.3) is 0 Å². The van der Waals surface area contributed by atoms with E-state index >= 15 is 0 Å². The predicted octanol–water partition coefficient (Wildman–Crippen LogP) is -1.09. The highest BCUT2D eigenvalue weighted by molar-refractivity contribution is 5.78. The van der Waals surface area contributed by atoms with Crippen LogP contribution in [-0.4, -0.2) is 84.6 Å². The van der Waals surface area contributed by atoms with Gasteiger partial charge in [0, 0.05) is 26.2 Å². The minimum Gasteiger partial charge on any atom is -0.467 e. The molecule has 0 aromatic rings. The summed E-state index contributed by atoms with van der Waals surface area (Å²) in [6, 6.07) is 0. The topological polar surface area (TPSA) is 73.2 Å². The summed E-state index contributed by atoms with van der Waals surface area (Å²) in [5.41, 5.74) is -1.46. The van der Waals surface area contributed by atoms with E-state index in [-0.39, 0.29) is 13.2 Å². The molecule has 1 aliphatic heterocycles. The molecule has 1 saturated heterocycles. The molecular formula is C12H24N2O4. The van der Waals surface area contributed by atoms with Crippen LogP contribution >= 0.6 is 0 Å². The number of ether oxygens (including phenoxy) is 1. The molecule has 0 bridgehead atoms. The van der Waals surface area contributed by atoms with Gasteiger partial charge in [0.15, 0.2) is 5.60 Å². The van der Waals surface area contributed by atoms with Gasteiger partial charge in [-0.3, -0.25) is 9.80 Å². The molecule has 18 heavy (non-hydrogen) atoms. The molecule has 106 valence electrons. The Balaban J connectivity index is 2.46. The number of esters is 1. The summed E-state index contributed by atoms with van der Waals surface area (Å²) in [6.45, 7) is 6.03. The van der Waals surface area contributed by atoms with Crippen LogP contribution in [0.4, 0.5) is 0 Å². The maximum absolute atomic E-state index is 11.4. The Kier molecular flexibility index (Phi) is 6.01. The fourth-order valence-electron chi connectivity index (χ4n) is 2.27. The number of methoxy groups -OCH3 is 1. The van der Waals surface area contributed by atoms with Crippen molar-refractivity contribution in [3.63, 3.8) is 0 Å². The first-order valence-electron chi connectivity index (χ1n) is 6.36. The van der Waals surface area contributed by atoms with Crippen LogP contribution in [0.5, 0.6) is 0 Å². The lowest BCUT2D eigenvalue weighted by Crippen LogP contribution is -2.48. The van der Waals surface area contributed by atoms with E-state index in [1.165, 1.54) is 14.0 Å². The third-order valence-corrected chi connectivity index (χ3v) is 3.25. The Bertz CT molecular complexity index is 271. The Morgan fingerprint density at radius 2 is 1.89 bits per heavy atom. The highest BCUT2D eigenvalue weighted by Gasteiger charge is 2.34. The molecule has 0 amide bonds. The van der Waals surface area contributed by atoms with Crippen molar-refractivity contribution in [3.8, 4) is 0 Å². The van der Waals surface area contributed by atoms with Gasteiger partial charge in [-0.1, -0.05) is 0 Å². The van der Waals surface area contributed by atoms with Gasteiger partial charge in [-0.25, -0.2) is 4.79 Å². The van der Waals surface area contributed by atoms with Crippen molar-refractivity contribution in [1.29, 1.82) is 0 Å². The molecule has 1 heterocycles. The molecule has 1 rings (SSSR count). The zero-order chi connectivity index (χ0) is 13.6. The Morgan fingerprint density at radius 3 is 2.50 bits per heavy atom. The molecule has 0 saturated carbocycles. The summed E-state index contributed by atoms with van der Waals surface area (Å²) in [7, 11) is 1.28. The summed E-state index contributed by atoms with van der Waals surface area (Å²) in [6.07, 6.45) is 0.969. The van der Waals surface area contributed by atoms with Crippen LogP contribution in [0.3, 0.4) is 0 Å². The number of aliphatic hydroxyl groups is 2. The van der Waals surface area contributed by atoms with Crippen LogP contribution in [-0.2, 0) is 9.53 Å². The predicted molar refractivity (Wildman–Crippen MR) is 67.2 cm³/mol. The average molecular weight is 260 g/mol. The zero-order valence-electron chi connectivity index (χ0n) is 11.3. The minimum atomic E-state index is -1.46. The highest BCUT2D eigenvalue weighted by atomic mass is 16.5. The maximum atomic E-state index is 11.4. The average Bonchev–Trinajstić information content (AvgIpc) is 2.54. The third-order valence-electron chi connectivity index (χ3n) is 3.25. The molecule has 0 aliphatic carbocycles. The van der Waals surface area contributed by atoms with Gasteiger partial charge in [0.2, 0.25) is 0 Å². The molecule has 1 unspecified atom stereocenters. The zero-order valence-corrected chi connectivity index (χ0v) is 11.3. The molecule has 1 fully saturated rings. The third kappa shape index (κ3) is 4.53. The second-order valence-corrected chi connectivity index (χ2v) is 4.96. The van der Waals surface area contributed by atoms with Gasteiger partial charge in [0.05, 0.1) is 13.7 Å². The second kappa shape index (κ2) is 7.04. The van der Waals surface area contributed by atoms with Gasteiger partial charge < -0.3 is 14.9 Å². The van der Waals surface area contributed by atoms with Gasteiger partial charge in [-0.2, -0.15) is 0 Å². The van der Waals surface area contributed by atoms with E-state index in [1.54, 1.807) is 0 Å². The van der Waals surface area contributed by atoms with E-state index in [4.69, 9.17) is 5.11 Å². The molecule has 1 aliphatic rings. The fourth-order valence-corrected chi connectivity index (χ4v) is 2.27. The first kappa shape index (κ1) is 15.4. The van der Waals surface area contributed by atoms with Crippen molar-refractivity contribution < 1.29 is 19.7 Å². The van der Waals surface area contributed by atoms with E-state index in [2.05, 4.69) is 14.5 Å². The number of carbonyl (C=O) groups is 1. The van der Waals surface area contributed by atoms with E-state index in [9.17, 15) is 9.90 Å². The number of aliphatic hydroxyl groups excluding tert-OH is 1. The van der Waals surface area contributed by atoms with E-state index < -0.39 is 11.6 Å². The number of rotatable bonds is 5. The Hall–Kier alpha value is -0.690. The van der Waals surface area contributed by atoms with Crippen molar-refractivity contribution in [2.24, 2.45) is 0 Å². The van der Waals surface area contributed by atoms with Crippen LogP contribution < -0.4 is 0 Å². The highest BCUT2D eigenvalue weighted by Crippen LogP contribution is 2.11. The summed E-state index contributed by atoms with van der Waals surface area (Å²) >= 11 is 0. The van der Waals surface area contributed by atoms with Crippen LogP contribution in [0, 0.1) is 0 Å². The first-order valence-corrected chi connectivity index (χ1v) is 6.36. The SMILES string of the molecule is COC(=O)C(C)(O)CN1CCCN(CCO)CC1. The van der Waals surface area contributed by atoms with Gasteiger partial charge in [0.1, 0.15) is 0 Å². The molecule has 2 N–H and O–H groups in total. The van der Waals surface area contributed by atoms with Crippen molar-refractivity contribution in [2.45, 2.75) is 18.9 Å². The number of carbonyl (C=O) groups excluding carboxylic acids is 1. The largest absolute Gasteiger partial charge is 0.467 e. The number of hydrogen-bond acceptors (Lipinski definition) is 6. The smallest absolute Gasteiger partial charge is 0.338 e. The summed E-state index contributed by atoms with van der Waals surface area (Å²) in [5, 5.41) is 18.9. The molecule has 6 heteroatoms. The van der Waals surface area contributed by atoms with E-state index in [0.29, 0.717) is 6.54 Å². The summed E-state index contributed by atoms with van der Waals surface area (Å²) in [5.74, 6) is -0.598. The van der Waals surface area contributed by atoms with E-state index in [1.807, 2.05) is 0 Å². The lowest BCUT2D eigenvalue weighted by atomic mass is 10.1. The Labute approximate surface area is 108 Å². The van der Waals surface area contributed by atoms with Crippen molar-refractivity contribution >= 4 is 5.97 Å². The summed E-state index contributed by atoms with van der Waals surface area (Å²) in [4.78, 5) is 15.7. The fraction of sp³-hybridized carbons (Fsp3) is 0.917. The molecule has 1 atom stereocenters. The van der Waals surface area contributed by atoms with Gasteiger partial charge >= 0.3 is 5.97 Å². The second-order valence-electron chi connectivity index (χ2n) is 4.96. The standard InChI is InChI=1S/C12H24N2O4/c1-12(17,11(16)18-2)10-14-5-3-4-13(6-7-14)8-9-15/h15,17H,3-10H2,1-2H3. The van der Waals surface area contributed by atoms with Crippen LogP contribution in [0.25, 0.3) is 0 Å². The molecule has 0 aromatic carbocycles. The lowest BCUT2D eigenvalue weighted by molar-refractivity contribution is -0.162. The van der Waals surface area contributed by atoms with Gasteiger partial charge in [-0.05, 0) is 26.4 Å². The number of nitrogens with zero attached hydrogens (tertiary/aromatic N) is 2. The molecule has 0 spiro atoms. The molecule has 0 aromatic heterocycles. The van der Waals surface area contributed by atoms with Crippen molar-refractivity contribution in [3.05, 3.63) is 0 Å². The molecule has 6 nitrogen and oxygen atoms in total. The first-order chi connectivity index (χ1) is 8.49. The molecular weight excluding hydrogens is 236 g/mol. The number of β-amino-alcohol motifs (C(OH)–C–C–N with tert-alkyl or cyclic N) is 2. The van der Waals surface area contributed by atoms with Crippen LogP contribution in [0.1, 0.15) is 13.3 Å². The van der Waals surface area contributed by atoms with Crippen LogP contribution in [0.2, 0.25) is 0 Å². The normalized spacial score (nSPS) is 22.2. The Morgan fingerprint density at radius 1 is 1.28 bits per heavy atom. The summed E-state index contributed by atoms with van der Waals surface area (Å²) < 4.78 is 4.59. The van der Waals surface area contributed by atoms with Crippen molar-refractivity contribution in [2.75, 3.05) is 53.0 Å².